The topological polar surface area (TPSA) is 79.5 Å². The minimum absolute atomic E-state index is 0.132. The van der Waals surface area contributed by atoms with Crippen LogP contribution in [0, 0.1) is 0 Å². The van der Waals surface area contributed by atoms with Gasteiger partial charge in [-0.25, -0.2) is 4.68 Å². The highest BCUT2D eigenvalue weighted by atomic mass is 19.4. The molecule has 0 spiro atoms. The van der Waals surface area contributed by atoms with Gasteiger partial charge in [0.2, 0.25) is 5.75 Å². The number of rotatable bonds is 7. The van der Waals surface area contributed by atoms with Gasteiger partial charge in [-0.1, -0.05) is 6.07 Å². The number of nitrogens with one attached hydrogen (secondary N) is 1. The number of amides is 1. The summed E-state index contributed by atoms with van der Waals surface area (Å²) < 4.78 is 58.7. The SMILES string of the molecule is COc1cc(NC(=O)c2cnn(-c3cccc(C(F)(F)F)c3)c2-n2cccc2)cc(OC)c1OC. The largest absolute Gasteiger partial charge is 0.493 e. The van der Waals surface area contributed by atoms with Crippen molar-refractivity contribution in [1.29, 1.82) is 0 Å². The molecule has 182 valence electrons. The quantitative estimate of drug-likeness (QED) is 0.400. The number of halogens is 3. The number of hydrogen-bond donors (Lipinski definition) is 1. The molecule has 2 aromatic carbocycles. The zero-order chi connectivity index (χ0) is 25.2. The van der Waals surface area contributed by atoms with Gasteiger partial charge in [0.15, 0.2) is 17.3 Å². The summed E-state index contributed by atoms with van der Waals surface area (Å²) in [5, 5.41) is 6.98. The van der Waals surface area contributed by atoms with Gasteiger partial charge in [-0.05, 0) is 30.3 Å². The number of aromatic nitrogens is 3. The van der Waals surface area contributed by atoms with Gasteiger partial charge in [-0.15, -0.1) is 0 Å². The van der Waals surface area contributed by atoms with Gasteiger partial charge in [-0.3, -0.25) is 4.79 Å². The summed E-state index contributed by atoms with van der Waals surface area (Å²) >= 11 is 0. The number of alkyl halides is 3. The number of benzene rings is 2. The molecule has 35 heavy (non-hydrogen) atoms. The highest BCUT2D eigenvalue weighted by molar-refractivity contribution is 6.06. The van der Waals surface area contributed by atoms with E-state index in [9.17, 15) is 18.0 Å². The van der Waals surface area contributed by atoms with Crippen LogP contribution in [0.5, 0.6) is 17.2 Å². The lowest BCUT2D eigenvalue weighted by molar-refractivity contribution is -0.137. The summed E-state index contributed by atoms with van der Waals surface area (Å²) in [4.78, 5) is 13.3. The van der Waals surface area contributed by atoms with Crippen molar-refractivity contribution in [1.82, 2.24) is 14.3 Å². The highest BCUT2D eigenvalue weighted by Gasteiger charge is 2.31. The van der Waals surface area contributed by atoms with E-state index in [4.69, 9.17) is 14.2 Å². The third-order valence-corrected chi connectivity index (χ3v) is 5.18. The van der Waals surface area contributed by atoms with Crippen LogP contribution in [0.1, 0.15) is 15.9 Å². The lowest BCUT2D eigenvalue weighted by Crippen LogP contribution is -2.16. The average molecular weight is 486 g/mol. The molecule has 4 rings (SSSR count). The summed E-state index contributed by atoms with van der Waals surface area (Å²) in [5.74, 6) is 0.763. The molecule has 0 unspecified atom stereocenters. The van der Waals surface area contributed by atoms with Crippen LogP contribution in [-0.2, 0) is 6.18 Å². The Balaban J connectivity index is 1.77. The number of ether oxygens (including phenoxy) is 3. The van der Waals surface area contributed by atoms with Crippen molar-refractivity contribution in [2.75, 3.05) is 26.6 Å². The van der Waals surface area contributed by atoms with Crippen LogP contribution >= 0.6 is 0 Å². The minimum Gasteiger partial charge on any atom is -0.493 e. The molecule has 11 heteroatoms. The van der Waals surface area contributed by atoms with E-state index in [1.165, 1.54) is 44.3 Å². The Hall–Kier alpha value is -4.41. The smallest absolute Gasteiger partial charge is 0.416 e. The van der Waals surface area contributed by atoms with E-state index in [2.05, 4.69) is 10.4 Å². The number of hydrogen-bond acceptors (Lipinski definition) is 5. The van der Waals surface area contributed by atoms with E-state index >= 15 is 0 Å². The first-order chi connectivity index (χ1) is 16.8. The molecule has 0 bridgehead atoms. The Bertz CT molecular complexity index is 1320. The van der Waals surface area contributed by atoms with Gasteiger partial charge in [0, 0.05) is 30.2 Å². The minimum atomic E-state index is -4.52. The maximum absolute atomic E-state index is 13.3. The van der Waals surface area contributed by atoms with Crippen molar-refractivity contribution >= 4 is 11.6 Å². The number of nitrogens with zero attached hydrogens (tertiary/aromatic N) is 3. The fourth-order valence-corrected chi connectivity index (χ4v) is 3.58. The molecule has 4 aromatic rings. The normalized spacial score (nSPS) is 11.3. The number of methoxy groups -OCH3 is 3. The van der Waals surface area contributed by atoms with Gasteiger partial charge in [0.1, 0.15) is 5.56 Å². The highest BCUT2D eigenvalue weighted by Crippen LogP contribution is 2.40. The van der Waals surface area contributed by atoms with E-state index in [-0.39, 0.29) is 17.1 Å². The molecule has 2 heterocycles. The number of carbonyl (C=O) groups excluding carboxylic acids is 1. The van der Waals surface area contributed by atoms with Gasteiger partial charge >= 0.3 is 6.18 Å². The average Bonchev–Trinajstić information content (AvgIpc) is 3.52. The molecule has 0 aliphatic carbocycles. The van der Waals surface area contributed by atoms with Crippen molar-refractivity contribution in [3.05, 3.63) is 78.2 Å². The first-order valence-corrected chi connectivity index (χ1v) is 10.3. The summed E-state index contributed by atoms with van der Waals surface area (Å²) in [6.45, 7) is 0. The first-order valence-electron chi connectivity index (χ1n) is 10.3. The standard InChI is InChI=1S/C24H21F3N4O4/c1-33-19-12-16(13-20(34-2)21(19)35-3)29-22(32)18-14-28-31(23(18)30-9-4-5-10-30)17-8-6-7-15(11-17)24(25,26)27/h4-14H,1-3H3,(H,29,32). The molecule has 8 nitrogen and oxygen atoms in total. The Morgan fingerprint density at radius 3 is 2.17 bits per heavy atom. The van der Waals surface area contributed by atoms with Crippen molar-refractivity contribution in [3.8, 4) is 28.8 Å². The Morgan fingerprint density at radius 1 is 0.943 bits per heavy atom. The molecule has 0 saturated heterocycles. The third kappa shape index (κ3) is 4.65. The second-order valence-corrected chi connectivity index (χ2v) is 7.30. The van der Waals surface area contributed by atoms with Crippen LogP contribution in [0.2, 0.25) is 0 Å². The molecule has 0 saturated carbocycles. The van der Waals surface area contributed by atoms with Gasteiger partial charge in [-0.2, -0.15) is 18.3 Å². The fourth-order valence-electron chi connectivity index (χ4n) is 3.58. The summed E-state index contributed by atoms with van der Waals surface area (Å²) in [7, 11) is 4.36. The summed E-state index contributed by atoms with van der Waals surface area (Å²) in [6, 6.07) is 11.3. The van der Waals surface area contributed by atoms with E-state index in [0.717, 1.165) is 12.1 Å². The molecule has 0 aliphatic rings. The van der Waals surface area contributed by atoms with Crippen LogP contribution in [0.3, 0.4) is 0 Å². The molecular weight excluding hydrogens is 465 g/mol. The molecule has 0 atom stereocenters. The van der Waals surface area contributed by atoms with Crippen LogP contribution in [0.25, 0.3) is 11.5 Å². The lowest BCUT2D eigenvalue weighted by atomic mass is 10.2. The number of anilines is 1. The Kier molecular flexibility index (Phi) is 6.41. The van der Waals surface area contributed by atoms with E-state index in [1.54, 1.807) is 41.2 Å². The third-order valence-electron chi connectivity index (χ3n) is 5.18. The van der Waals surface area contributed by atoms with Crippen molar-refractivity contribution in [2.24, 2.45) is 0 Å². The Labute approximate surface area is 198 Å². The lowest BCUT2D eigenvalue weighted by Gasteiger charge is -2.15. The molecular formula is C24H21F3N4O4. The second-order valence-electron chi connectivity index (χ2n) is 7.30. The molecule has 1 amide bonds. The van der Waals surface area contributed by atoms with Gasteiger partial charge < -0.3 is 24.1 Å². The number of carbonyl (C=O) groups is 1. The molecule has 2 aromatic heterocycles. The maximum Gasteiger partial charge on any atom is 0.416 e. The Morgan fingerprint density at radius 2 is 1.60 bits per heavy atom. The van der Waals surface area contributed by atoms with Crippen molar-refractivity contribution < 1.29 is 32.2 Å². The summed E-state index contributed by atoms with van der Waals surface area (Å²) in [5.41, 5.74) is -0.190. The monoisotopic (exact) mass is 486 g/mol. The van der Waals surface area contributed by atoms with Gasteiger partial charge in [0.05, 0.1) is 38.8 Å². The maximum atomic E-state index is 13.3. The molecule has 0 aliphatic heterocycles. The van der Waals surface area contributed by atoms with Crippen molar-refractivity contribution in [3.63, 3.8) is 0 Å². The van der Waals surface area contributed by atoms with Crippen LogP contribution < -0.4 is 19.5 Å². The second kappa shape index (κ2) is 9.45. The predicted octanol–water partition coefficient (Wildman–Crippen LogP) is 4.96. The van der Waals surface area contributed by atoms with E-state index in [1.807, 2.05) is 0 Å². The van der Waals surface area contributed by atoms with E-state index < -0.39 is 17.6 Å². The van der Waals surface area contributed by atoms with Crippen molar-refractivity contribution in [2.45, 2.75) is 6.18 Å². The zero-order valence-electron chi connectivity index (χ0n) is 19.0. The van der Waals surface area contributed by atoms with Crippen LogP contribution in [-0.4, -0.2) is 41.6 Å². The molecule has 0 fully saturated rings. The van der Waals surface area contributed by atoms with Crippen LogP contribution in [0.4, 0.5) is 18.9 Å². The van der Waals surface area contributed by atoms with Crippen LogP contribution in [0.15, 0.2) is 67.1 Å². The predicted molar refractivity (Wildman–Crippen MR) is 122 cm³/mol. The molecule has 1 N–H and O–H groups in total. The fraction of sp³-hybridized carbons (Fsp3) is 0.167. The molecule has 0 radical (unpaired) electrons. The summed E-state index contributed by atoms with van der Waals surface area (Å²) in [6.07, 6.45) is 0.0983. The zero-order valence-corrected chi connectivity index (χ0v) is 19.0. The van der Waals surface area contributed by atoms with E-state index in [0.29, 0.717) is 22.9 Å². The first kappa shape index (κ1) is 23.7. The van der Waals surface area contributed by atoms with Gasteiger partial charge in [0.25, 0.3) is 5.91 Å².